The first-order valence-electron chi connectivity index (χ1n) is 6.79. The van der Waals surface area contributed by atoms with Gasteiger partial charge in [-0.05, 0) is 30.7 Å². The summed E-state index contributed by atoms with van der Waals surface area (Å²) < 4.78 is 0. The van der Waals surface area contributed by atoms with Crippen molar-refractivity contribution < 1.29 is 9.59 Å². The van der Waals surface area contributed by atoms with Crippen LogP contribution in [0.5, 0.6) is 0 Å². The zero-order valence-electron chi connectivity index (χ0n) is 11.4. The van der Waals surface area contributed by atoms with Crippen LogP contribution in [-0.4, -0.2) is 23.3 Å². The van der Waals surface area contributed by atoms with Crippen molar-refractivity contribution in [3.8, 4) is 0 Å². The molecule has 4 N–H and O–H groups in total. The lowest BCUT2D eigenvalue weighted by atomic mass is 10.2. The molecule has 0 atom stereocenters. The Morgan fingerprint density at radius 1 is 1.33 bits per heavy atom. The number of nitrogens with zero attached hydrogens (tertiary/aromatic N) is 1. The molecule has 21 heavy (non-hydrogen) atoms. The maximum atomic E-state index is 12.0. The van der Waals surface area contributed by atoms with Gasteiger partial charge >= 0.3 is 0 Å². The molecule has 1 aromatic heterocycles. The number of hydrogen-bond acceptors (Lipinski definition) is 3. The minimum Gasteiger partial charge on any atom is -0.397 e. The lowest BCUT2D eigenvalue weighted by molar-refractivity contribution is -0.117. The molecular formula is C15H16N4O2. The lowest BCUT2D eigenvalue weighted by Crippen LogP contribution is -2.23. The number of nitrogen functional groups attached to an aromatic ring is 1. The van der Waals surface area contributed by atoms with Crippen LogP contribution in [0.2, 0.25) is 0 Å². The Balaban J connectivity index is 1.77. The number of aromatic amines is 1. The van der Waals surface area contributed by atoms with Crippen molar-refractivity contribution in [1.82, 2.24) is 4.98 Å². The molecule has 1 fully saturated rings. The summed E-state index contributed by atoms with van der Waals surface area (Å²) in [5.41, 5.74) is 7.94. The van der Waals surface area contributed by atoms with Crippen molar-refractivity contribution in [1.29, 1.82) is 0 Å². The summed E-state index contributed by atoms with van der Waals surface area (Å²) in [6, 6.07) is 8.84. The molecule has 3 rings (SSSR count). The van der Waals surface area contributed by atoms with Crippen LogP contribution >= 0.6 is 0 Å². The molecule has 0 saturated carbocycles. The Labute approximate surface area is 121 Å². The van der Waals surface area contributed by atoms with Crippen LogP contribution in [0.25, 0.3) is 0 Å². The molecule has 6 nitrogen and oxygen atoms in total. The Morgan fingerprint density at radius 3 is 2.86 bits per heavy atom. The van der Waals surface area contributed by atoms with Gasteiger partial charge in [-0.1, -0.05) is 6.07 Å². The molecule has 0 bridgehead atoms. The second-order valence-electron chi connectivity index (χ2n) is 5.00. The fraction of sp³-hybridized carbons (Fsp3) is 0.200. The molecule has 1 aliphatic rings. The highest BCUT2D eigenvalue weighted by atomic mass is 16.2. The van der Waals surface area contributed by atoms with E-state index < -0.39 is 0 Å². The first-order chi connectivity index (χ1) is 10.1. The maximum Gasteiger partial charge on any atom is 0.272 e. The van der Waals surface area contributed by atoms with E-state index in [4.69, 9.17) is 5.73 Å². The number of aromatic nitrogens is 1. The molecule has 108 valence electrons. The number of H-pyrrole nitrogens is 1. The third-order valence-electron chi connectivity index (χ3n) is 3.44. The van der Waals surface area contributed by atoms with E-state index in [0.717, 1.165) is 18.7 Å². The number of anilines is 3. The number of nitrogens with one attached hydrogen (secondary N) is 2. The first-order valence-corrected chi connectivity index (χ1v) is 6.79. The number of benzene rings is 1. The van der Waals surface area contributed by atoms with Crippen LogP contribution in [0.15, 0.2) is 36.5 Å². The number of hydrogen-bond donors (Lipinski definition) is 3. The topological polar surface area (TPSA) is 91.2 Å². The van der Waals surface area contributed by atoms with Gasteiger partial charge in [0.25, 0.3) is 5.91 Å². The van der Waals surface area contributed by atoms with Crippen molar-refractivity contribution in [3.05, 3.63) is 42.2 Å². The van der Waals surface area contributed by atoms with Gasteiger partial charge < -0.3 is 20.9 Å². The van der Waals surface area contributed by atoms with Crippen LogP contribution in [0.1, 0.15) is 23.3 Å². The molecule has 2 amide bonds. The van der Waals surface area contributed by atoms with Gasteiger partial charge in [0.1, 0.15) is 5.69 Å². The Hall–Kier alpha value is -2.76. The summed E-state index contributed by atoms with van der Waals surface area (Å²) in [7, 11) is 0. The van der Waals surface area contributed by atoms with Gasteiger partial charge in [0, 0.05) is 36.2 Å². The van der Waals surface area contributed by atoms with Gasteiger partial charge in [-0.2, -0.15) is 0 Å². The predicted molar refractivity (Wildman–Crippen MR) is 81.2 cm³/mol. The monoisotopic (exact) mass is 284 g/mol. The van der Waals surface area contributed by atoms with Crippen LogP contribution < -0.4 is 16.0 Å². The molecular weight excluding hydrogens is 268 g/mol. The van der Waals surface area contributed by atoms with E-state index in [2.05, 4.69) is 10.3 Å². The summed E-state index contributed by atoms with van der Waals surface area (Å²) >= 11 is 0. The van der Waals surface area contributed by atoms with Gasteiger partial charge in [-0.15, -0.1) is 0 Å². The van der Waals surface area contributed by atoms with Crippen molar-refractivity contribution in [2.75, 3.05) is 22.5 Å². The molecule has 0 radical (unpaired) electrons. The number of carbonyl (C=O) groups is 2. The molecule has 2 aromatic rings. The fourth-order valence-electron chi connectivity index (χ4n) is 2.41. The SMILES string of the molecule is Nc1c[nH]c(C(=O)Nc2cccc(N3CCCC3=O)c2)c1. The van der Waals surface area contributed by atoms with E-state index in [1.807, 2.05) is 12.1 Å². The highest BCUT2D eigenvalue weighted by Crippen LogP contribution is 2.24. The van der Waals surface area contributed by atoms with Gasteiger partial charge in [0.15, 0.2) is 0 Å². The van der Waals surface area contributed by atoms with Crippen LogP contribution in [0.3, 0.4) is 0 Å². The minimum atomic E-state index is -0.267. The summed E-state index contributed by atoms with van der Waals surface area (Å²) in [6.07, 6.45) is 3.02. The van der Waals surface area contributed by atoms with Crippen molar-refractivity contribution in [2.24, 2.45) is 0 Å². The van der Waals surface area contributed by atoms with Gasteiger partial charge in [-0.3, -0.25) is 9.59 Å². The molecule has 1 aromatic carbocycles. The van der Waals surface area contributed by atoms with Gasteiger partial charge in [0.05, 0.1) is 0 Å². The van der Waals surface area contributed by atoms with E-state index in [-0.39, 0.29) is 11.8 Å². The van der Waals surface area contributed by atoms with Crippen molar-refractivity contribution >= 4 is 28.9 Å². The van der Waals surface area contributed by atoms with Crippen molar-refractivity contribution in [3.63, 3.8) is 0 Å². The zero-order chi connectivity index (χ0) is 14.8. The average molecular weight is 284 g/mol. The average Bonchev–Trinajstić information content (AvgIpc) is 3.08. The Morgan fingerprint density at radius 2 is 2.19 bits per heavy atom. The van der Waals surface area contributed by atoms with Crippen LogP contribution in [-0.2, 0) is 4.79 Å². The fourth-order valence-corrected chi connectivity index (χ4v) is 2.41. The van der Waals surface area contributed by atoms with Crippen LogP contribution in [0.4, 0.5) is 17.1 Å². The summed E-state index contributed by atoms with van der Waals surface area (Å²) in [5.74, 6) is -0.146. The number of rotatable bonds is 3. The summed E-state index contributed by atoms with van der Waals surface area (Å²) in [5, 5.41) is 2.79. The number of nitrogens with two attached hydrogens (primary N) is 1. The second kappa shape index (κ2) is 5.32. The minimum absolute atomic E-state index is 0.121. The number of carbonyl (C=O) groups excluding carboxylic acids is 2. The smallest absolute Gasteiger partial charge is 0.272 e. The van der Waals surface area contributed by atoms with E-state index in [0.29, 0.717) is 23.5 Å². The van der Waals surface area contributed by atoms with Gasteiger partial charge in [0.2, 0.25) is 5.91 Å². The highest BCUT2D eigenvalue weighted by Gasteiger charge is 2.21. The van der Waals surface area contributed by atoms with E-state index in [1.54, 1.807) is 29.3 Å². The standard InChI is InChI=1S/C15H16N4O2/c16-10-7-13(17-9-10)15(21)18-11-3-1-4-12(8-11)19-6-2-5-14(19)20/h1,3-4,7-9,17H,2,5-6,16H2,(H,18,21). The predicted octanol–water partition coefficient (Wildman–Crippen LogP) is 1.98. The largest absolute Gasteiger partial charge is 0.397 e. The molecule has 1 saturated heterocycles. The quantitative estimate of drug-likeness (QED) is 0.804. The molecule has 0 aliphatic carbocycles. The maximum absolute atomic E-state index is 12.0. The molecule has 1 aliphatic heterocycles. The second-order valence-corrected chi connectivity index (χ2v) is 5.00. The molecule has 6 heteroatoms. The van der Waals surface area contributed by atoms with Crippen molar-refractivity contribution in [2.45, 2.75) is 12.8 Å². The lowest BCUT2D eigenvalue weighted by Gasteiger charge is -2.16. The van der Waals surface area contributed by atoms with E-state index >= 15 is 0 Å². The Kier molecular flexibility index (Phi) is 3.35. The van der Waals surface area contributed by atoms with Gasteiger partial charge in [-0.25, -0.2) is 0 Å². The normalized spacial score (nSPS) is 14.5. The zero-order valence-corrected chi connectivity index (χ0v) is 11.4. The van der Waals surface area contributed by atoms with E-state index in [1.165, 1.54) is 0 Å². The molecule has 0 spiro atoms. The highest BCUT2D eigenvalue weighted by molar-refractivity contribution is 6.04. The third-order valence-corrected chi connectivity index (χ3v) is 3.44. The summed E-state index contributed by atoms with van der Waals surface area (Å²) in [6.45, 7) is 0.726. The first kappa shape index (κ1) is 13.2. The van der Waals surface area contributed by atoms with Crippen LogP contribution in [0, 0.1) is 0 Å². The Bertz CT molecular complexity index is 692. The van der Waals surface area contributed by atoms with E-state index in [9.17, 15) is 9.59 Å². The number of amides is 2. The molecule has 2 heterocycles. The summed E-state index contributed by atoms with van der Waals surface area (Å²) in [4.78, 5) is 28.3. The molecule has 0 unspecified atom stereocenters. The third kappa shape index (κ3) is 2.74.